The number of anilines is 1. The number of hydrogen-bond donors (Lipinski definition) is 1. The van der Waals surface area contributed by atoms with E-state index in [0.717, 1.165) is 33.2 Å². The van der Waals surface area contributed by atoms with E-state index >= 15 is 0 Å². The van der Waals surface area contributed by atoms with Gasteiger partial charge in [-0.05, 0) is 35.4 Å². The molecule has 4 nitrogen and oxygen atoms in total. The van der Waals surface area contributed by atoms with E-state index in [9.17, 15) is 4.79 Å². The average Bonchev–Trinajstić information content (AvgIpc) is 3.02. The van der Waals surface area contributed by atoms with Crippen LogP contribution in [0.4, 0.5) is 5.13 Å². The summed E-state index contributed by atoms with van der Waals surface area (Å²) in [4.78, 5) is 17.5. The van der Waals surface area contributed by atoms with Gasteiger partial charge in [0, 0.05) is 22.5 Å². The molecule has 0 saturated heterocycles. The van der Waals surface area contributed by atoms with Gasteiger partial charge >= 0.3 is 0 Å². The van der Waals surface area contributed by atoms with Crippen LogP contribution in [0.15, 0.2) is 54.7 Å². The average molecular weight is 373 g/mol. The number of benzene rings is 2. The van der Waals surface area contributed by atoms with Crippen molar-refractivity contribution < 1.29 is 9.53 Å². The fourth-order valence-electron chi connectivity index (χ4n) is 2.39. The zero-order chi connectivity index (χ0) is 17.6. The summed E-state index contributed by atoms with van der Waals surface area (Å²) in [5, 5.41) is 4.17. The topological polar surface area (TPSA) is 51.2 Å². The lowest BCUT2D eigenvalue weighted by Crippen LogP contribution is -2.14. The molecule has 1 amide bonds. The lowest BCUT2D eigenvalue weighted by Gasteiger charge is -2.03. The summed E-state index contributed by atoms with van der Waals surface area (Å²) >= 11 is 7.48. The van der Waals surface area contributed by atoms with Crippen molar-refractivity contribution in [3.05, 3.63) is 75.8 Å². The molecule has 1 heterocycles. The van der Waals surface area contributed by atoms with Gasteiger partial charge < -0.3 is 10.1 Å². The maximum Gasteiger partial charge on any atom is 0.230 e. The number of rotatable bonds is 6. The summed E-state index contributed by atoms with van der Waals surface area (Å²) in [7, 11) is 1.62. The number of thiazole rings is 1. The molecule has 0 spiro atoms. The lowest BCUT2D eigenvalue weighted by atomic mass is 10.1. The highest BCUT2D eigenvalue weighted by Gasteiger charge is 2.09. The molecular formula is C19H17ClN2O2S. The second kappa shape index (κ2) is 8.14. The van der Waals surface area contributed by atoms with E-state index in [0.29, 0.717) is 11.6 Å². The number of nitrogens with one attached hydrogen (secondary N) is 1. The summed E-state index contributed by atoms with van der Waals surface area (Å²) in [6.07, 6.45) is 2.83. The Morgan fingerprint density at radius 1 is 1.20 bits per heavy atom. The Kier molecular flexibility index (Phi) is 5.68. The van der Waals surface area contributed by atoms with Gasteiger partial charge in [-0.15, -0.1) is 11.3 Å². The first-order chi connectivity index (χ1) is 12.1. The van der Waals surface area contributed by atoms with Crippen molar-refractivity contribution in [3.8, 4) is 5.75 Å². The minimum atomic E-state index is -0.0891. The Bertz CT molecular complexity index is 862. The highest BCUT2D eigenvalue weighted by molar-refractivity contribution is 7.15. The largest absolute Gasteiger partial charge is 0.497 e. The molecule has 25 heavy (non-hydrogen) atoms. The molecule has 128 valence electrons. The standard InChI is InChI=1S/C19H17ClN2O2S/c1-24-16-7-5-13(6-8-16)11-18(23)22-19-21-12-17(25-19)10-14-3-2-4-15(20)9-14/h2-9,12H,10-11H2,1H3,(H,21,22,23). The Morgan fingerprint density at radius 2 is 2.00 bits per heavy atom. The summed E-state index contributed by atoms with van der Waals surface area (Å²) in [5.74, 6) is 0.684. The normalized spacial score (nSPS) is 10.5. The molecule has 2 aromatic carbocycles. The van der Waals surface area contributed by atoms with Gasteiger partial charge in [0.1, 0.15) is 5.75 Å². The molecule has 0 aliphatic carbocycles. The lowest BCUT2D eigenvalue weighted by molar-refractivity contribution is -0.115. The first kappa shape index (κ1) is 17.5. The van der Waals surface area contributed by atoms with Crippen molar-refractivity contribution in [2.75, 3.05) is 12.4 Å². The van der Waals surface area contributed by atoms with Crippen molar-refractivity contribution >= 4 is 34.0 Å². The number of amides is 1. The van der Waals surface area contributed by atoms with Crippen LogP contribution in [0.2, 0.25) is 5.02 Å². The second-order valence-electron chi connectivity index (χ2n) is 5.51. The molecule has 1 aromatic heterocycles. The first-order valence-corrected chi connectivity index (χ1v) is 8.94. The Hall–Kier alpha value is -2.37. The molecule has 0 aliphatic heterocycles. The molecule has 3 aromatic rings. The molecule has 0 unspecified atom stereocenters. The van der Waals surface area contributed by atoms with Crippen molar-refractivity contribution in [1.29, 1.82) is 0 Å². The Balaban J connectivity index is 1.57. The summed E-state index contributed by atoms with van der Waals surface area (Å²) in [6, 6.07) is 15.2. The minimum absolute atomic E-state index is 0.0891. The molecule has 0 aliphatic rings. The fraction of sp³-hybridized carbons (Fsp3) is 0.158. The molecule has 3 rings (SSSR count). The van der Waals surface area contributed by atoms with E-state index in [2.05, 4.69) is 10.3 Å². The monoisotopic (exact) mass is 372 g/mol. The quantitative estimate of drug-likeness (QED) is 0.689. The van der Waals surface area contributed by atoms with Gasteiger partial charge in [0.25, 0.3) is 0 Å². The van der Waals surface area contributed by atoms with Gasteiger partial charge in [-0.2, -0.15) is 0 Å². The van der Waals surface area contributed by atoms with Crippen LogP contribution < -0.4 is 10.1 Å². The van der Waals surface area contributed by atoms with Crippen LogP contribution in [0, 0.1) is 0 Å². The SMILES string of the molecule is COc1ccc(CC(=O)Nc2ncc(Cc3cccc(Cl)c3)s2)cc1. The van der Waals surface area contributed by atoms with Crippen molar-refractivity contribution in [3.63, 3.8) is 0 Å². The number of ether oxygens (including phenoxy) is 1. The number of carbonyl (C=O) groups excluding carboxylic acids is 1. The van der Waals surface area contributed by atoms with E-state index in [-0.39, 0.29) is 5.91 Å². The van der Waals surface area contributed by atoms with Gasteiger partial charge in [-0.1, -0.05) is 35.9 Å². The van der Waals surface area contributed by atoms with Crippen LogP contribution >= 0.6 is 22.9 Å². The molecule has 6 heteroatoms. The summed E-state index contributed by atoms with van der Waals surface area (Å²) in [6.45, 7) is 0. The molecule has 0 saturated carbocycles. The van der Waals surface area contributed by atoms with Crippen LogP contribution in [0.5, 0.6) is 5.75 Å². The van der Waals surface area contributed by atoms with E-state index in [4.69, 9.17) is 16.3 Å². The Labute approximate surface area is 155 Å². The van der Waals surface area contributed by atoms with Crippen molar-refractivity contribution in [2.45, 2.75) is 12.8 Å². The molecule has 1 N–H and O–H groups in total. The van der Waals surface area contributed by atoms with E-state index in [1.54, 1.807) is 13.3 Å². The number of halogens is 1. The van der Waals surface area contributed by atoms with E-state index in [1.165, 1.54) is 11.3 Å². The smallest absolute Gasteiger partial charge is 0.230 e. The third kappa shape index (κ3) is 5.05. The number of hydrogen-bond acceptors (Lipinski definition) is 4. The fourth-order valence-corrected chi connectivity index (χ4v) is 3.46. The van der Waals surface area contributed by atoms with Crippen molar-refractivity contribution in [2.24, 2.45) is 0 Å². The van der Waals surface area contributed by atoms with E-state index < -0.39 is 0 Å². The van der Waals surface area contributed by atoms with Gasteiger partial charge in [0.05, 0.1) is 13.5 Å². The molecule has 0 radical (unpaired) electrons. The maximum absolute atomic E-state index is 12.2. The van der Waals surface area contributed by atoms with Crippen LogP contribution in [0.25, 0.3) is 0 Å². The van der Waals surface area contributed by atoms with Crippen molar-refractivity contribution in [1.82, 2.24) is 4.98 Å². The van der Waals surface area contributed by atoms with E-state index in [1.807, 2.05) is 48.5 Å². The number of aromatic nitrogens is 1. The molecule has 0 atom stereocenters. The summed E-state index contributed by atoms with van der Waals surface area (Å²) in [5.41, 5.74) is 2.04. The highest BCUT2D eigenvalue weighted by Crippen LogP contribution is 2.22. The summed E-state index contributed by atoms with van der Waals surface area (Å²) < 4.78 is 5.11. The van der Waals surface area contributed by atoms with Gasteiger partial charge in [-0.3, -0.25) is 4.79 Å². The van der Waals surface area contributed by atoms with Crippen LogP contribution in [-0.2, 0) is 17.6 Å². The van der Waals surface area contributed by atoms with Crippen LogP contribution in [0.1, 0.15) is 16.0 Å². The van der Waals surface area contributed by atoms with Gasteiger partial charge in [-0.25, -0.2) is 4.98 Å². The highest BCUT2D eigenvalue weighted by atomic mass is 35.5. The first-order valence-electron chi connectivity index (χ1n) is 7.74. The zero-order valence-corrected chi connectivity index (χ0v) is 15.2. The van der Waals surface area contributed by atoms with Crippen LogP contribution in [0.3, 0.4) is 0 Å². The van der Waals surface area contributed by atoms with Crippen LogP contribution in [-0.4, -0.2) is 18.0 Å². The molecule has 0 fully saturated rings. The molecule has 0 bridgehead atoms. The third-order valence-electron chi connectivity index (χ3n) is 3.59. The zero-order valence-electron chi connectivity index (χ0n) is 13.7. The number of nitrogens with zero attached hydrogens (tertiary/aromatic N) is 1. The third-order valence-corrected chi connectivity index (χ3v) is 4.74. The Morgan fingerprint density at radius 3 is 2.72 bits per heavy atom. The molecular weight excluding hydrogens is 356 g/mol. The number of methoxy groups -OCH3 is 1. The van der Waals surface area contributed by atoms with Gasteiger partial charge in [0.2, 0.25) is 5.91 Å². The van der Waals surface area contributed by atoms with Gasteiger partial charge in [0.15, 0.2) is 5.13 Å². The maximum atomic E-state index is 12.2. The predicted molar refractivity (Wildman–Crippen MR) is 102 cm³/mol. The minimum Gasteiger partial charge on any atom is -0.497 e. The number of carbonyl (C=O) groups is 1. The predicted octanol–water partition coefficient (Wildman–Crippen LogP) is 4.58. The second-order valence-corrected chi connectivity index (χ2v) is 7.06.